The molecule has 1 atom stereocenters. The molecule has 0 amide bonds. The van der Waals surface area contributed by atoms with E-state index < -0.39 is 8.07 Å². The molecule has 0 aliphatic carbocycles. The minimum atomic E-state index is -2.03. The van der Waals surface area contributed by atoms with Gasteiger partial charge in [-0.3, -0.25) is 4.79 Å². The normalized spacial score (nSPS) is 20.0. The largest absolute Gasteiger partial charge is 0.468 e. The predicted molar refractivity (Wildman–Crippen MR) is 103 cm³/mol. The van der Waals surface area contributed by atoms with Crippen molar-refractivity contribution >= 4 is 36.3 Å². The average Bonchev–Trinajstić information content (AvgIpc) is 2.65. The topological polar surface area (TPSA) is 78.7 Å². The van der Waals surface area contributed by atoms with Gasteiger partial charge in [-0.2, -0.15) is 0 Å². The van der Waals surface area contributed by atoms with Crippen LogP contribution in [0.15, 0.2) is 35.3 Å². The van der Waals surface area contributed by atoms with Crippen LogP contribution in [0.1, 0.15) is 18.4 Å². The summed E-state index contributed by atoms with van der Waals surface area (Å²) >= 11 is 0. The number of hydrogen-bond donors (Lipinski definition) is 2. The Balaban J connectivity index is 1.89. The quantitative estimate of drug-likeness (QED) is 0.306. The average molecular weight is 367 g/mol. The molecule has 4 rings (SSSR count). The zero-order chi connectivity index (χ0) is 18.1. The SMILES string of the molecule is C[Si]1(CCCOC=O)c2cc(N)ccc2N=c2cc3c(cc21)=[NH+]CCC3. The number of aryl methyl sites for hydroxylation is 1. The number of nitrogen functional groups attached to an aromatic ring is 1. The van der Waals surface area contributed by atoms with Gasteiger partial charge >= 0.3 is 0 Å². The van der Waals surface area contributed by atoms with Crippen LogP contribution in [0.3, 0.4) is 0 Å². The summed E-state index contributed by atoms with van der Waals surface area (Å²) in [6.45, 7) is 4.40. The van der Waals surface area contributed by atoms with Gasteiger partial charge in [-0.1, -0.05) is 6.55 Å². The van der Waals surface area contributed by atoms with Crippen molar-refractivity contribution < 1.29 is 14.5 Å². The number of fused-ring (bicyclic) bond motifs is 3. The molecule has 0 aromatic heterocycles. The van der Waals surface area contributed by atoms with Gasteiger partial charge in [0.1, 0.15) is 14.6 Å². The molecule has 26 heavy (non-hydrogen) atoms. The number of nitrogens with one attached hydrogen (secondary N) is 1. The highest BCUT2D eigenvalue weighted by molar-refractivity contribution is 7.02. The smallest absolute Gasteiger partial charge is 0.293 e. The maximum Gasteiger partial charge on any atom is 0.293 e. The molecule has 0 bridgehead atoms. The fourth-order valence-electron chi connectivity index (χ4n) is 4.23. The first kappa shape index (κ1) is 17.0. The number of nitrogens with two attached hydrogens (primary N) is 1. The summed E-state index contributed by atoms with van der Waals surface area (Å²) < 4.78 is 4.94. The summed E-state index contributed by atoms with van der Waals surface area (Å²) in [6.07, 6.45) is 3.11. The Bertz CT molecular complexity index is 989. The van der Waals surface area contributed by atoms with E-state index in [4.69, 9.17) is 15.5 Å². The number of anilines is 1. The minimum Gasteiger partial charge on any atom is -0.468 e. The summed E-state index contributed by atoms with van der Waals surface area (Å²) in [5, 5.41) is 5.00. The third-order valence-corrected chi connectivity index (χ3v) is 10.1. The standard InChI is InChI=1S/C20H23N3O2Si/c1-26(9-3-8-25-13-24)19-11-15(21)5-6-16(19)23-18-10-14-4-2-7-22-17(14)12-20(18)26/h5-6,10-13H,2-4,7-9,21H2,1H3/p+1. The highest BCUT2D eigenvalue weighted by Crippen LogP contribution is 2.23. The molecule has 134 valence electrons. The van der Waals surface area contributed by atoms with Crippen molar-refractivity contribution in [2.75, 3.05) is 18.9 Å². The van der Waals surface area contributed by atoms with Gasteiger partial charge in [-0.05, 0) is 53.5 Å². The van der Waals surface area contributed by atoms with E-state index >= 15 is 0 Å². The molecule has 0 saturated carbocycles. The Kier molecular flexibility index (Phi) is 4.36. The molecule has 3 N–H and O–H groups in total. The van der Waals surface area contributed by atoms with Crippen LogP contribution < -0.4 is 31.8 Å². The lowest BCUT2D eigenvalue weighted by Crippen LogP contribution is -2.80. The Morgan fingerprint density at radius 2 is 2.19 bits per heavy atom. The number of hydrogen-bond acceptors (Lipinski definition) is 4. The van der Waals surface area contributed by atoms with Gasteiger partial charge in [0.25, 0.3) is 6.47 Å². The minimum absolute atomic E-state index is 0.458. The molecule has 6 heteroatoms. The monoisotopic (exact) mass is 366 g/mol. The van der Waals surface area contributed by atoms with Crippen molar-refractivity contribution in [2.45, 2.75) is 31.9 Å². The van der Waals surface area contributed by atoms with Gasteiger partial charge in [0.05, 0.1) is 17.7 Å². The second-order valence-corrected chi connectivity index (χ2v) is 11.6. The maximum atomic E-state index is 10.5. The highest BCUT2D eigenvalue weighted by atomic mass is 28.3. The van der Waals surface area contributed by atoms with E-state index in [0.717, 1.165) is 48.6 Å². The summed E-state index contributed by atoms with van der Waals surface area (Å²) in [4.78, 5) is 19.0. The summed E-state index contributed by atoms with van der Waals surface area (Å²) in [5.74, 6) is 0. The van der Waals surface area contributed by atoms with Crippen LogP contribution in [-0.2, 0) is 16.0 Å². The summed E-state index contributed by atoms with van der Waals surface area (Å²) in [7, 11) is -2.03. The number of nitrogens with zero attached hydrogens (tertiary/aromatic N) is 1. The molecule has 0 spiro atoms. The van der Waals surface area contributed by atoms with E-state index in [-0.39, 0.29) is 0 Å². The Morgan fingerprint density at radius 1 is 1.31 bits per heavy atom. The van der Waals surface area contributed by atoms with Crippen LogP contribution >= 0.6 is 0 Å². The van der Waals surface area contributed by atoms with Crippen molar-refractivity contribution in [1.29, 1.82) is 0 Å². The van der Waals surface area contributed by atoms with Gasteiger partial charge in [0.2, 0.25) is 5.36 Å². The number of carbonyl (C=O) groups is 1. The maximum absolute atomic E-state index is 10.5. The Labute approximate surface area is 153 Å². The van der Waals surface area contributed by atoms with Crippen molar-refractivity contribution in [3.8, 4) is 0 Å². The van der Waals surface area contributed by atoms with Crippen molar-refractivity contribution in [3.63, 3.8) is 0 Å². The Hall–Kier alpha value is -2.47. The lowest BCUT2D eigenvalue weighted by Gasteiger charge is -2.33. The van der Waals surface area contributed by atoms with Crippen LogP contribution in [0.25, 0.3) is 0 Å². The van der Waals surface area contributed by atoms with E-state index in [1.54, 1.807) is 0 Å². The third kappa shape index (κ3) is 2.84. The number of rotatable bonds is 5. The predicted octanol–water partition coefficient (Wildman–Crippen LogP) is -1.06. The molecule has 0 saturated heterocycles. The molecule has 2 aliphatic heterocycles. The number of carbonyl (C=O) groups excluding carboxylic acids is 1. The van der Waals surface area contributed by atoms with Gasteiger partial charge in [-0.15, -0.1) is 0 Å². The highest BCUT2D eigenvalue weighted by Gasteiger charge is 2.38. The molecular weight excluding hydrogens is 342 g/mol. The van der Waals surface area contributed by atoms with Crippen molar-refractivity contribution in [3.05, 3.63) is 46.6 Å². The van der Waals surface area contributed by atoms with Crippen LogP contribution in [0.5, 0.6) is 0 Å². The molecule has 1 unspecified atom stereocenters. The lowest BCUT2D eigenvalue weighted by atomic mass is 10.1. The van der Waals surface area contributed by atoms with Crippen LogP contribution in [-0.4, -0.2) is 27.7 Å². The first-order valence-corrected chi connectivity index (χ1v) is 11.9. The van der Waals surface area contributed by atoms with Gasteiger partial charge < -0.3 is 10.5 Å². The zero-order valence-corrected chi connectivity index (χ0v) is 16.0. The van der Waals surface area contributed by atoms with Crippen LogP contribution in [0, 0.1) is 0 Å². The van der Waals surface area contributed by atoms with Gasteiger partial charge in [-0.25, -0.2) is 9.98 Å². The second-order valence-electron chi connectivity index (χ2n) is 7.35. The van der Waals surface area contributed by atoms with Crippen LogP contribution in [0.4, 0.5) is 11.4 Å². The van der Waals surface area contributed by atoms with E-state index in [1.807, 2.05) is 12.1 Å². The van der Waals surface area contributed by atoms with E-state index in [9.17, 15) is 4.79 Å². The number of ether oxygens (including phenoxy) is 1. The Morgan fingerprint density at radius 3 is 3.04 bits per heavy atom. The van der Waals surface area contributed by atoms with E-state index in [2.05, 4.69) is 29.7 Å². The first-order valence-electron chi connectivity index (χ1n) is 9.20. The van der Waals surface area contributed by atoms with Gasteiger partial charge in [0, 0.05) is 23.7 Å². The third-order valence-electron chi connectivity index (χ3n) is 5.62. The molecule has 0 fully saturated rings. The van der Waals surface area contributed by atoms with E-state index in [1.165, 1.54) is 21.3 Å². The van der Waals surface area contributed by atoms with Gasteiger partial charge in [0.15, 0.2) is 0 Å². The molecule has 2 aromatic rings. The zero-order valence-electron chi connectivity index (χ0n) is 15.0. The molecule has 2 heterocycles. The fraction of sp³-hybridized carbons (Fsp3) is 0.350. The first-order chi connectivity index (χ1) is 12.6. The molecule has 2 aliphatic rings. The van der Waals surface area contributed by atoms with E-state index in [0.29, 0.717) is 13.1 Å². The van der Waals surface area contributed by atoms with Crippen molar-refractivity contribution in [2.24, 2.45) is 4.99 Å². The molecule has 2 aromatic carbocycles. The van der Waals surface area contributed by atoms with Crippen molar-refractivity contribution in [1.82, 2.24) is 0 Å². The fourth-order valence-corrected chi connectivity index (χ4v) is 8.26. The second kappa shape index (κ2) is 6.68. The summed E-state index contributed by atoms with van der Waals surface area (Å²) in [6, 6.07) is 11.7. The molecule has 5 nitrogen and oxygen atoms in total. The lowest BCUT2D eigenvalue weighted by molar-refractivity contribution is -0.505. The van der Waals surface area contributed by atoms with Crippen LogP contribution in [0.2, 0.25) is 12.6 Å². The summed E-state index contributed by atoms with van der Waals surface area (Å²) in [5.41, 5.74) is 9.29. The number of benzene rings is 2. The molecule has 0 radical (unpaired) electrons. The molecular formula is C20H24N3O2Si+.